The summed E-state index contributed by atoms with van der Waals surface area (Å²) in [6.07, 6.45) is 8.04. The van der Waals surface area contributed by atoms with Gasteiger partial charge in [0.15, 0.2) is 0 Å². The Hall–Kier alpha value is -3.51. The number of carbonyl (C=O) groups is 2. The van der Waals surface area contributed by atoms with E-state index in [1.165, 1.54) is 6.20 Å². The number of nitrogen functional groups attached to an aromatic ring is 1. The first-order valence-corrected chi connectivity index (χ1v) is 16.6. The fourth-order valence-corrected chi connectivity index (χ4v) is 5.36. The normalized spacial score (nSPS) is 18.0. The van der Waals surface area contributed by atoms with Gasteiger partial charge in [-0.3, -0.25) is 14.6 Å². The predicted octanol–water partition coefficient (Wildman–Crippen LogP) is 3.67. The Morgan fingerprint density at radius 3 is 2.71 bits per heavy atom. The van der Waals surface area contributed by atoms with Crippen molar-refractivity contribution in [2.24, 2.45) is 5.92 Å². The van der Waals surface area contributed by atoms with Gasteiger partial charge in [0.05, 0.1) is 48.3 Å². The summed E-state index contributed by atoms with van der Waals surface area (Å²) >= 11 is 0. The van der Waals surface area contributed by atoms with E-state index in [0.29, 0.717) is 35.5 Å². The minimum atomic E-state index is -1.24. The molecule has 4 rings (SSSR count). The van der Waals surface area contributed by atoms with E-state index >= 15 is 0 Å². The summed E-state index contributed by atoms with van der Waals surface area (Å²) in [4.78, 5) is 36.8. The number of methoxy groups -OCH3 is 1. The Morgan fingerprint density at radius 2 is 1.97 bits per heavy atom. The third kappa shape index (κ3) is 6.30. The maximum absolute atomic E-state index is 13.5. The van der Waals surface area contributed by atoms with Crippen molar-refractivity contribution in [2.45, 2.75) is 58.2 Å². The zero-order valence-electron chi connectivity index (χ0n) is 22.7. The lowest BCUT2D eigenvalue weighted by molar-refractivity contribution is -0.146. The Labute approximate surface area is 223 Å². The van der Waals surface area contributed by atoms with E-state index in [9.17, 15) is 9.59 Å². The van der Waals surface area contributed by atoms with Gasteiger partial charge in [0.2, 0.25) is 0 Å². The van der Waals surface area contributed by atoms with Gasteiger partial charge in [-0.25, -0.2) is 9.67 Å². The monoisotopic (exact) mass is 539 g/mol. The number of nitrogens with one attached hydrogen (secondary N) is 1. The van der Waals surface area contributed by atoms with Gasteiger partial charge in [-0.1, -0.05) is 26.6 Å². The van der Waals surface area contributed by atoms with E-state index in [4.69, 9.17) is 15.2 Å². The number of hydrogen-bond acceptors (Lipinski definition) is 8. The average Bonchev–Trinajstić information content (AvgIpc) is 3.32. The predicted molar refractivity (Wildman–Crippen MR) is 148 cm³/mol. The van der Waals surface area contributed by atoms with Crippen molar-refractivity contribution in [3.8, 4) is 5.75 Å². The first-order valence-electron chi connectivity index (χ1n) is 12.9. The van der Waals surface area contributed by atoms with Gasteiger partial charge < -0.3 is 25.4 Å². The quantitative estimate of drug-likeness (QED) is 0.251. The maximum atomic E-state index is 13.5. The molecule has 0 spiro atoms. The van der Waals surface area contributed by atoms with Crippen molar-refractivity contribution >= 4 is 42.3 Å². The highest BCUT2D eigenvalue weighted by Gasteiger charge is 2.35. The highest BCUT2D eigenvalue weighted by molar-refractivity contribution is 6.76. The summed E-state index contributed by atoms with van der Waals surface area (Å²) < 4.78 is 12.8. The highest BCUT2D eigenvalue weighted by atomic mass is 28.3. The number of rotatable bonds is 8. The topological polar surface area (TPSA) is 137 Å². The molecule has 0 saturated carbocycles. The number of pyridine rings is 2. The molecule has 4 heterocycles. The average molecular weight is 540 g/mol. The van der Waals surface area contributed by atoms with Gasteiger partial charge in [-0.05, 0) is 36.4 Å². The van der Waals surface area contributed by atoms with Gasteiger partial charge in [0.1, 0.15) is 18.3 Å². The fourth-order valence-electron chi connectivity index (χ4n) is 4.60. The summed E-state index contributed by atoms with van der Waals surface area (Å²) in [5.41, 5.74) is 7.82. The van der Waals surface area contributed by atoms with Crippen LogP contribution in [0.3, 0.4) is 0 Å². The Kier molecular flexibility index (Phi) is 8.31. The molecular formula is C26H37N7O4Si. The molecule has 0 aliphatic carbocycles. The Balaban J connectivity index is 1.55. The van der Waals surface area contributed by atoms with E-state index in [0.717, 1.165) is 24.4 Å². The molecule has 2 atom stereocenters. The van der Waals surface area contributed by atoms with Crippen LogP contribution in [0.1, 0.15) is 31.4 Å². The van der Waals surface area contributed by atoms with Crippen molar-refractivity contribution in [3.63, 3.8) is 0 Å². The molecule has 1 aliphatic rings. The molecule has 2 amide bonds. The zero-order valence-corrected chi connectivity index (χ0v) is 23.7. The largest absolute Gasteiger partial charge is 0.495 e. The SMILES string of the molecule is COc1cncc([C@H]2CC[C@H](C)CN2C(=O)C(=O)Nc2cnc(N)c3cnn(COCC[Si](C)(C)C)c23)c1. The van der Waals surface area contributed by atoms with E-state index in [-0.39, 0.29) is 24.5 Å². The van der Waals surface area contributed by atoms with Gasteiger partial charge in [0.25, 0.3) is 0 Å². The molecule has 11 nitrogen and oxygen atoms in total. The number of carbonyl (C=O) groups excluding carboxylic acids is 2. The number of nitrogens with zero attached hydrogens (tertiary/aromatic N) is 5. The van der Waals surface area contributed by atoms with Crippen LogP contribution in [0.15, 0.2) is 30.9 Å². The van der Waals surface area contributed by atoms with Crippen molar-refractivity contribution < 1.29 is 19.1 Å². The second-order valence-electron chi connectivity index (χ2n) is 11.1. The van der Waals surface area contributed by atoms with Crippen LogP contribution < -0.4 is 15.8 Å². The smallest absolute Gasteiger partial charge is 0.314 e. The fraction of sp³-hybridized carbons (Fsp3) is 0.500. The molecule has 204 valence electrons. The van der Waals surface area contributed by atoms with E-state index in [2.05, 4.69) is 46.9 Å². The maximum Gasteiger partial charge on any atom is 0.314 e. The van der Waals surface area contributed by atoms with Crippen LogP contribution in [0.2, 0.25) is 25.7 Å². The van der Waals surface area contributed by atoms with E-state index < -0.39 is 19.9 Å². The molecular weight excluding hydrogens is 502 g/mol. The molecule has 0 bridgehead atoms. The summed E-state index contributed by atoms with van der Waals surface area (Å²) in [5, 5.41) is 7.73. The van der Waals surface area contributed by atoms with Crippen LogP contribution in [0, 0.1) is 5.92 Å². The molecule has 1 fully saturated rings. The summed E-state index contributed by atoms with van der Waals surface area (Å²) in [6, 6.07) is 2.61. The molecule has 12 heteroatoms. The number of anilines is 2. The third-order valence-corrected chi connectivity index (χ3v) is 8.49. The summed E-state index contributed by atoms with van der Waals surface area (Å²) in [7, 11) is 0.334. The number of nitrogens with two attached hydrogens (primary N) is 1. The molecule has 3 aromatic heterocycles. The number of aromatic nitrogens is 4. The molecule has 1 aliphatic heterocycles. The number of hydrogen-bond donors (Lipinski definition) is 2. The van der Waals surface area contributed by atoms with Crippen LogP contribution >= 0.6 is 0 Å². The number of fused-ring (bicyclic) bond motifs is 1. The molecule has 1 saturated heterocycles. The standard InChI is InChI=1S/C26H37N7O4Si/c1-17-6-7-22(18-10-19(36-2)12-28-11-18)32(15-17)26(35)25(34)31-21-14-29-24(27)20-13-30-33(23(20)21)16-37-8-9-38(3,4)5/h10-14,17,22H,6-9,15-16H2,1-5H3,(H2,27,29)(H,31,34)/t17-,22+/m0/s1. The van der Waals surface area contributed by atoms with Gasteiger partial charge in [0, 0.05) is 27.4 Å². The molecule has 38 heavy (non-hydrogen) atoms. The number of amides is 2. The third-order valence-electron chi connectivity index (χ3n) is 6.79. The van der Waals surface area contributed by atoms with Crippen LogP contribution in [0.5, 0.6) is 5.75 Å². The van der Waals surface area contributed by atoms with Crippen LogP contribution in [-0.4, -0.2) is 64.8 Å². The molecule has 0 aromatic carbocycles. The lowest BCUT2D eigenvalue weighted by atomic mass is 9.90. The Morgan fingerprint density at radius 1 is 1.18 bits per heavy atom. The van der Waals surface area contributed by atoms with Crippen molar-refractivity contribution in [1.29, 1.82) is 0 Å². The lowest BCUT2D eigenvalue weighted by Crippen LogP contribution is -2.46. The second kappa shape index (κ2) is 11.5. The molecule has 0 radical (unpaired) electrons. The van der Waals surface area contributed by atoms with Gasteiger partial charge in [-0.2, -0.15) is 5.10 Å². The molecule has 0 unspecified atom stereocenters. The summed E-state index contributed by atoms with van der Waals surface area (Å²) in [6.45, 7) is 10.2. The Bertz CT molecular complexity index is 1310. The van der Waals surface area contributed by atoms with Crippen molar-refractivity contribution in [1.82, 2.24) is 24.6 Å². The van der Waals surface area contributed by atoms with E-state index in [1.54, 1.807) is 35.3 Å². The minimum Gasteiger partial charge on any atom is -0.495 e. The summed E-state index contributed by atoms with van der Waals surface area (Å²) in [5.74, 6) is -0.213. The van der Waals surface area contributed by atoms with Crippen LogP contribution in [0.25, 0.3) is 10.9 Å². The number of piperidine rings is 1. The van der Waals surface area contributed by atoms with Crippen molar-refractivity contribution in [2.75, 3.05) is 31.3 Å². The van der Waals surface area contributed by atoms with Crippen LogP contribution in [0.4, 0.5) is 11.5 Å². The number of likely N-dealkylation sites (tertiary alicyclic amines) is 1. The minimum absolute atomic E-state index is 0.197. The first kappa shape index (κ1) is 27.5. The van der Waals surface area contributed by atoms with Crippen molar-refractivity contribution in [3.05, 3.63) is 36.4 Å². The van der Waals surface area contributed by atoms with Gasteiger partial charge >= 0.3 is 11.8 Å². The molecule has 3 aromatic rings. The van der Waals surface area contributed by atoms with Gasteiger partial charge in [-0.15, -0.1) is 0 Å². The first-order chi connectivity index (χ1) is 18.1. The second-order valence-corrected chi connectivity index (χ2v) is 16.7. The van der Waals surface area contributed by atoms with Crippen LogP contribution in [-0.2, 0) is 21.1 Å². The molecule has 3 N–H and O–H groups in total. The zero-order chi connectivity index (χ0) is 27.4. The highest BCUT2D eigenvalue weighted by Crippen LogP contribution is 2.34. The van der Waals surface area contributed by atoms with E-state index in [1.807, 2.05) is 6.07 Å². The number of ether oxygens (including phenoxy) is 2. The lowest BCUT2D eigenvalue weighted by Gasteiger charge is -2.38.